The number of ketones is 1. The van der Waals surface area contributed by atoms with Crippen LogP contribution in [0.4, 0.5) is 0 Å². The predicted molar refractivity (Wildman–Crippen MR) is 96.9 cm³/mol. The lowest BCUT2D eigenvalue weighted by Crippen LogP contribution is -2.16. The number of aromatic amines is 1. The smallest absolute Gasteiger partial charge is 0.310 e. The van der Waals surface area contributed by atoms with Gasteiger partial charge in [0.25, 0.3) is 0 Å². The Hall–Kier alpha value is -2.82. The highest BCUT2D eigenvalue weighted by Gasteiger charge is 2.17. The van der Waals surface area contributed by atoms with Gasteiger partial charge in [-0.25, -0.2) is 0 Å². The van der Waals surface area contributed by atoms with Crippen LogP contribution in [0.5, 0.6) is 0 Å². The number of esters is 1. The molecule has 25 heavy (non-hydrogen) atoms. The van der Waals surface area contributed by atoms with Gasteiger partial charge >= 0.3 is 5.97 Å². The highest BCUT2D eigenvalue weighted by molar-refractivity contribution is 5.99. The Bertz CT molecular complexity index is 934. The maximum Gasteiger partial charge on any atom is 0.310 e. The number of nitrogens with zero attached hydrogens (tertiary/aromatic N) is 1. The molecule has 2 heterocycles. The fourth-order valence-corrected chi connectivity index (χ4v) is 3.28. The van der Waals surface area contributed by atoms with Crippen molar-refractivity contribution in [2.24, 2.45) is 0 Å². The van der Waals surface area contributed by atoms with Gasteiger partial charge < -0.3 is 14.3 Å². The standard InChI is InChI=1S/C20H22N2O3/c1-4-22-13(2)9-17(14(22)3)19(23)12-25-20(24)10-15-11-21-18-8-6-5-7-16(15)18/h5-9,11,21H,4,10,12H2,1-3H3. The first-order valence-electron chi connectivity index (χ1n) is 8.41. The third-order valence-corrected chi connectivity index (χ3v) is 4.56. The lowest BCUT2D eigenvalue weighted by Gasteiger charge is -2.06. The van der Waals surface area contributed by atoms with E-state index in [1.165, 1.54) is 0 Å². The van der Waals surface area contributed by atoms with Crippen LogP contribution >= 0.6 is 0 Å². The Balaban J connectivity index is 1.63. The molecule has 0 fully saturated rings. The summed E-state index contributed by atoms with van der Waals surface area (Å²) < 4.78 is 7.28. The van der Waals surface area contributed by atoms with Crippen molar-refractivity contribution in [1.29, 1.82) is 0 Å². The van der Waals surface area contributed by atoms with Crippen molar-refractivity contribution in [1.82, 2.24) is 9.55 Å². The fraction of sp³-hybridized carbons (Fsp3) is 0.300. The number of hydrogen-bond donors (Lipinski definition) is 1. The number of H-pyrrole nitrogens is 1. The van der Waals surface area contributed by atoms with Crippen LogP contribution < -0.4 is 0 Å². The van der Waals surface area contributed by atoms with Crippen LogP contribution in [-0.4, -0.2) is 27.9 Å². The molecule has 0 aliphatic rings. The van der Waals surface area contributed by atoms with Gasteiger partial charge in [0.05, 0.1) is 6.42 Å². The molecule has 0 bridgehead atoms. The topological polar surface area (TPSA) is 64.1 Å². The molecule has 1 aromatic carbocycles. The Morgan fingerprint density at radius 1 is 1.20 bits per heavy atom. The normalized spacial score (nSPS) is 11.0. The van der Waals surface area contributed by atoms with Crippen molar-refractivity contribution in [3.63, 3.8) is 0 Å². The number of rotatable bonds is 6. The average Bonchev–Trinajstić information content (AvgIpc) is 3.13. The number of carbonyl (C=O) groups is 2. The zero-order valence-corrected chi connectivity index (χ0v) is 14.8. The summed E-state index contributed by atoms with van der Waals surface area (Å²) in [6.45, 7) is 6.50. The molecule has 0 atom stereocenters. The maximum absolute atomic E-state index is 12.4. The minimum atomic E-state index is -0.401. The molecule has 0 saturated carbocycles. The summed E-state index contributed by atoms with van der Waals surface area (Å²) in [6.07, 6.45) is 1.95. The summed E-state index contributed by atoms with van der Waals surface area (Å²) >= 11 is 0. The van der Waals surface area contributed by atoms with Gasteiger partial charge in [-0.2, -0.15) is 0 Å². The molecule has 3 aromatic rings. The molecule has 0 spiro atoms. The Kier molecular flexibility index (Phi) is 4.74. The van der Waals surface area contributed by atoms with E-state index in [0.717, 1.165) is 34.4 Å². The molecule has 5 nitrogen and oxygen atoms in total. The predicted octanol–water partition coefficient (Wildman–Crippen LogP) is 3.57. The van der Waals surface area contributed by atoms with Gasteiger partial charge in [-0.1, -0.05) is 18.2 Å². The average molecular weight is 338 g/mol. The third-order valence-electron chi connectivity index (χ3n) is 4.56. The Morgan fingerprint density at radius 3 is 2.68 bits per heavy atom. The summed E-state index contributed by atoms with van der Waals surface area (Å²) in [4.78, 5) is 27.6. The summed E-state index contributed by atoms with van der Waals surface area (Å²) in [5.74, 6) is -0.567. The van der Waals surface area contributed by atoms with E-state index in [-0.39, 0.29) is 18.8 Å². The number of ether oxygens (including phenoxy) is 1. The number of fused-ring (bicyclic) bond motifs is 1. The minimum absolute atomic E-state index is 0.144. The van der Waals surface area contributed by atoms with Crippen LogP contribution in [0.15, 0.2) is 36.5 Å². The molecule has 2 aromatic heterocycles. The molecule has 130 valence electrons. The number of nitrogens with one attached hydrogen (secondary N) is 1. The summed E-state index contributed by atoms with van der Waals surface area (Å²) in [5.41, 5.74) is 4.43. The highest BCUT2D eigenvalue weighted by atomic mass is 16.5. The number of para-hydroxylation sites is 1. The molecule has 0 unspecified atom stereocenters. The van der Waals surface area contributed by atoms with Crippen molar-refractivity contribution < 1.29 is 14.3 Å². The van der Waals surface area contributed by atoms with Crippen molar-refractivity contribution in [2.45, 2.75) is 33.7 Å². The quantitative estimate of drug-likeness (QED) is 0.552. The largest absolute Gasteiger partial charge is 0.457 e. The molecule has 5 heteroatoms. The van der Waals surface area contributed by atoms with Gasteiger partial charge in [-0.3, -0.25) is 9.59 Å². The van der Waals surface area contributed by atoms with E-state index in [1.54, 1.807) is 0 Å². The van der Waals surface area contributed by atoms with Gasteiger partial charge in [0.2, 0.25) is 5.78 Å². The molecular weight excluding hydrogens is 316 g/mol. The first-order chi connectivity index (χ1) is 12.0. The van der Waals surface area contributed by atoms with E-state index in [0.29, 0.717) is 5.56 Å². The van der Waals surface area contributed by atoms with Crippen LogP contribution in [0.3, 0.4) is 0 Å². The SMILES string of the molecule is CCn1c(C)cc(C(=O)COC(=O)Cc2c[nH]c3ccccc23)c1C. The third kappa shape index (κ3) is 3.36. The first kappa shape index (κ1) is 17.0. The highest BCUT2D eigenvalue weighted by Crippen LogP contribution is 2.19. The van der Waals surface area contributed by atoms with Gasteiger partial charge in [-0.15, -0.1) is 0 Å². The Morgan fingerprint density at radius 2 is 1.96 bits per heavy atom. The molecule has 1 N–H and O–H groups in total. The molecule has 0 aliphatic carbocycles. The molecule has 0 aliphatic heterocycles. The van der Waals surface area contributed by atoms with Crippen molar-refractivity contribution in [2.75, 3.05) is 6.61 Å². The molecular formula is C20H22N2O3. The summed E-state index contributed by atoms with van der Waals surface area (Å²) in [6, 6.07) is 9.63. The van der Waals surface area contributed by atoms with Gasteiger partial charge in [0.1, 0.15) is 0 Å². The second-order valence-corrected chi connectivity index (χ2v) is 6.15. The van der Waals surface area contributed by atoms with E-state index < -0.39 is 5.97 Å². The van der Waals surface area contributed by atoms with Crippen LogP contribution in [-0.2, 0) is 22.5 Å². The summed E-state index contributed by atoms with van der Waals surface area (Å²) in [5, 5.41) is 0.997. The number of Topliss-reactive ketones (excluding diaryl/α,β-unsaturated/α-hetero) is 1. The molecule has 3 rings (SSSR count). The fourth-order valence-electron chi connectivity index (χ4n) is 3.28. The van der Waals surface area contributed by atoms with Gasteiger partial charge in [0.15, 0.2) is 6.61 Å². The van der Waals surface area contributed by atoms with Crippen LogP contribution in [0.2, 0.25) is 0 Å². The van der Waals surface area contributed by atoms with Gasteiger partial charge in [-0.05, 0) is 38.5 Å². The number of aryl methyl sites for hydroxylation is 1. The monoisotopic (exact) mass is 338 g/mol. The molecule has 0 amide bonds. The van der Waals surface area contributed by atoms with Crippen LogP contribution in [0.25, 0.3) is 10.9 Å². The van der Waals surface area contributed by atoms with E-state index in [1.807, 2.05) is 57.3 Å². The minimum Gasteiger partial charge on any atom is -0.457 e. The van der Waals surface area contributed by atoms with Crippen LogP contribution in [0, 0.1) is 13.8 Å². The van der Waals surface area contributed by atoms with Crippen LogP contribution in [0.1, 0.15) is 34.2 Å². The maximum atomic E-state index is 12.4. The molecule has 0 saturated heterocycles. The molecule has 0 radical (unpaired) electrons. The number of benzene rings is 1. The van der Waals surface area contributed by atoms with Gasteiger partial charge in [0, 0.05) is 40.6 Å². The summed E-state index contributed by atoms with van der Waals surface area (Å²) in [7, 11) is 0. The van der Waals surface area contributed by atoms with E-state index >= 15 is 0 Å². The van der Waals surface area contributed by atoms with E-state index in [4.69, 9.17) is 4.74 Å². The number of carbonyl (C=O) groups excluding carboxylic acids is 2. The second kappa shape index (κ2) is 6.97. The lowest BCUT2D eigenvalue weighted by atomic mass is 10.1. The second-order valence-electron chi connectivity index (χ2n) is 6.15. The van der Waals surface area contributed by atoms with Crippen molar-refractivity contribution in [3.05, 3.63) is 59.0 Å². The van der Waals surface area contributed by atoms with Crippen molar-refractivity contribution in [3.8, 4) is 0 Å². The van der Waals surface area contributed by atoms with E-state index in [9.17, 15) is 9.59 Å². The Labute approximate surface area is 146 Å². The van der Waals surface area contributed by atoms with E-state index in [2.05, 4.69) is 9.55 Å². The zero-order valence-electron chi connectivity index (χ0n) is 14.8. The number of aromatic nitrogens is 2. The van der Waals surface area contributed by atoms with Crippen molar-refractivity contribution >= 4 is 22.7 Å². The first-order valence-corrected chi connectivity index (χ1v) is 8.41. The number of hydrogen-bond acceptors (Lipinski definition) is 3. The zero-order chi connectivity index (χ0) is 18.0. The lowest BCUT2D eigenvalue weighted by molar-refractivity contribution is -0.141.